The number of hydrogen-bond donors (Lipinski definition) is 3. The fourth-order valence-electron chi connectivity index (χ4n) is 2.68. The minimum Gasteiger partial charge on any atom is -0.484 e. The molecule has 0 atom stereocenters. The first-order chi connectivity index (χ1) is 13.4. The largest absolute Gasteiger partial charge is 0.484 e. The fraction of sp³-hybridized carbons (Fsp3) is 0.100. The van der Waals surface area contributed by atoms with Crippen LogP contribution in [0.15, 0.2) is 53.8 Å². The first-order valence-corrected chi connectivity index (χ1v) is 8.36. The van der Waals surface area contributed by atoms with Crippen molar-refractivity contribution < 1.29 is 9.13 Å². The van der Waals surface area contributed by atoms with Crippen LogP contribution in [0.1, 0.15) is 23.7 Å². The van der Waals surface area contributed by atoms with E-state index in [4.69, 9.17) is 21.3 Å². The van der Waals surface area contributed by atoms with Gasteiger partial charge in [0, 0.05) is 36.2 Å². The van der Waals surface area contributed by atoms with Gasteiger partial charge in [-0.05, 0) is 42.0 Å². The molecule has 0 radical (unpaired) electrons. The molecule has 8 heteroatoms. The molecule has 2 heterocycles. The number of benzene rings is 1. The Morgan fingerprint density at radius 3 is 2.54 bits per heavy atom. The van der Waals surface area contributed by atoms with Crippen LogP contribution >= 0.6 is 0 Å². The molecule has 0 fully saturated rings. The summed E-state index contributed by atoms with van der Waals surface area (Å²) in [5, 5.41) is 16.0. The number of allylic oxidation sites excluding steroid dienone is 1. The van der Waals surface area contributed by atoms with Gasteiger partial charge in [0.15, 0.2) is 11.7 Å². The van der Waals surface area contributed by atoms with Gasteiger partial charge in [-0.25, -0.2) is 9.37 Å². The van der Waals surface area contributed by atoms with Crippen LogP contribution in [-0.2, 0) is 4.74 Å². The average molecular weight is 378 g/mol. The molecule has 0 amide bonds. The monoisotopic (exact) mass is 378 g/mol. The van der Waals surface area contributed by atoms with Gasteiger partial charge in [0.2, 0.25) is 0 Å². The summed E-state index contributed by atoms with van der Waals surface area (Å²) in [6.07, 6.45) is 4.43. The molecule has 0 spiro atoms. The number of aromatic nitrogens is 2. The molecule has 0 aliphatic rings. The van der Waals surface area contributed by atoms with Crippen LogP contribution in [-0.4, -0.2) is 34.4 Å². The number of amidine groups is 1. The molecular weight excluding hydrogens is 359 g/mol. The van der Waals surface area contributed by atoms with E-state index in [2.05, 4.69) is 9.98 Å². The number of hydrogen-bond acceptors (Lipinski definition) is 5. The molecule has 0 saturated heterocycles. The number of nitrogens with two attached hydrogens (primary N) is 1. The SMILES string of the molecule is COC(C)=NC(=N)c1cnc2ccc(C(C=N)=C(N)c3ccc(F)cc3)cn12. The lowest BCUT2D eigenvalue weighted by Gasteiger charge is -2.10. The van der Waals surface area contributed by atoms with Gasteiger partial charge in [0.25, 0.3) is 0 Å². The number of ether oxygens (including phenoxy) is 1. The number of halogens is 1. The number of nitrogens with zero attached hydrogens (tertiary/aromatic N) is 3. The Bertz CT molecular complexity index is 1110. The smallest absolute Gasteiger partial charge is 0.186 e. The van der Waals surface area contributed by atoms with Crippen molar-refractivity contribution in [3.63, 3.8) is 0 Å². The third kappa shape index (κ3) is 3.66. The van der Waals surface area contributed by atoms with Crippen molar-refractivity contribution in [1.29, 1.82) is 10.8 Å². The van der Waals surface area contributed by atoms with Crippen molar-refractivity contribution in [2.24, 2.45) is 10.7 Å². The van der Waals surface area contributed by atoms with Crippen LogP contribution in [0.5, 0.6) is 0 Å². The summed E-state index contributed by atoms with van der Waals surface area (Å²) < 4.78 is 19.9. The normalized spacial score (nSPS) is 12.6. The van der Waals surface area contributed by atoms with Crippen molar-refractivity contribution in [1.82, 2.24) is 9.38 Å². The van der Waals surface area contributed by atoms with Crippen molar-refractivity contribution >= 4 is 34.9 Å². The molecule has 1 aromatic carbocycles. The molecule has 7 nitrogen and oxygen atoms in total. The van der Waals surface area contributed by atoms with Crippen LogP contribution in [0.3, 0.4) is 0 Å². The number of methoxy groups -OCH3 is 1. The zero-order valence-corrected chi connectivity index (χ0v) is 15.4. The first kappa shape index (κ1) is 19.0. The quantitative estimate of drug-likeness (QED) is 0.478. The van der Waals surface area contributed by atoms with Crippen LogP contribution in [0, 0.1) is 16.6 Å². The first-order valence-electron chi connectivity index (χ1n) is 8.36. The second kappa shape index (κ2) is 7.83. The van der Waals surface area contributed by atoms with Crippen LogP contribution in [0.25, 0.3) is 16.9 Å². The van der Waals surface area contributed by atoms with Crippen LogP contribution in [0.4, 0.5) is 4.39 Å². The Labute approximate surface area is 161 Å². The highest BCUT2D eigenvalue weighted by Gasteiger charge is 2.12. The van der Waals surface area contributed by atoms with Crippen molar-refractivity contribution in [2.75, 3.05) is 7.11 Å². The molecule has 0 aliphatic carbocycles. The number of nitrogens with one attached hydrogen (secondary N) is 2. The maximum Gasteiger partial charge on any atom is 0.186 e. The minimum atomic E-state index is -0.358. The summed E-state index contributed by atoms with van der Waals surface area (Å²) in [5.41, 5.74) is 9.41. The number of fused-ring (bicyclic) bond motifs is 1. The number of imidazole rings is 1. The van der Waals surface area contributed by atoms with Gasteiger partial charge in [0.1, 0.15) is 17.2 Å². The average Bonchev–Trinajstić information content (AvgIpc) is 3.12. The summed E-state index contributed by atoms with van der Waals surface area (Å²) >= 11 is 0. The Morgan fingerprint density at radius 2 is 1.89 bits per heavy atom. The zero-order valence-electron chi connectivity index (χ0n) is 15.4. The van der Waals surface area contributed by atoms with Crippen LogP contribution < -0.4 is 5.73 Å². The van der Waals surface area contributed by atoms with Gasteiger partial charge in [-0.15, -0.1) is 0 Å². The Kier molecular flexibility index (Phi) is 5.30. The molecule has 0 bridgehead atoms. The van der Waals surface area contributed by atoms with E-state index in [1.807, 2.05) is 0 Å². The van der Waals surface area contributed by atoms with Crippen LogP contribution in [0.2, 0.25) is 0 Å². The third-order valence-electron chi connectivity index (χ3n) is 4.21. The molecule has 3 aromatic rings. The van der Waals surface area contributed by atoms with E-state index in [-0.39, 0.29) is 11.7 Å². The van der Waals surface area contributed by atoms with Crippen molar-refractivity contribution in [2.45, 2.75) is 6.92 Å². The maximum absolute atomic E-state index is 13.2. The molecule has 142 valence electrons. The Morgan fingerprint density at radius 1 is 1.21 bits per heavy atom. The predicted octanol–water partition coefficient (Wildman–Crippen LogP) is 3.34. The summed E-state index contributed by atoms with van der Waals surface area (Å²) in [4.78, 5) is 8.35. The van der Waals surface area contributed by atoms with Gasteiger partial charge in [-0.3, -0.25) is 9.81 Å². The fourth-order valence-corrected chi connectivity index (χ4v) is 2.68. The van der Waals surface area contributed by atoms with Gasteiger partial charge in [-0.2, -0.15) is 4.99 Å². The number of rotatable bonds is 4. The van der Waals surface area contributed by atoms with E-state index in [0.717, 1.165) is 6.21 Å². The van der Waals surface area contributed by atoms with E-state index in [9.17, 15) is 4.39 Å². The second-order valence-corrected chi connectivity index (χ2v) is 5.95. The predicted molar refractivity (Wildman–Crippen MR) is 108 cm³/mol. The van der Waals surface area contributed by atoms with Gasteiger partial charge < -0.3 is 15.9 Å². The van der Waals surface area contributed by atoms with Gasteiger partial charge in [0.05, 0.1) is 13.3 Å². The van der Waals surface area contributed by atoms with E-state index >= 15 is 0 Å². The van der Waals surface area contributed by atoms with Crippen molar-refractivity contribution in [3.05, 3.63) is 71.4 Å². The topological polar surface area (TPSA) is 113 Å². The molecule has 2 aromatic heterocycles. The number of aliphatic imine (C=N–C) groups is 1. The highest BCUT2D eigenvalue weighted by atomic mass is 19.1. The highest BCUT2D eigenvalue weighted by Crippen LogP contribution is 2.23. The lowest BCUT2D eigenvalue weighted by molar-refractivity contribution is 0.401. The zero-order chi connectivity index (χ0) is 20.3. The summed E-state index contributed by atoms with van der Waals surface area (Å²) in [5.74, 6) is -0.00419. The summed E-state index contributed by atoms with van der Waals surface area (Å²) in [7, 11) is 1.48. The van der Waals surface area contributed by atoms with E-state index in [1.165, 1.54) is 19.2 Å². The lowest BCUT2D eigenvalue weighted by Crippen LogP contribution is -2.07. The third-order valence-corrected chi connectivity index (χ3v) is 4.21. The molecule has 0 aliphatic heterocycles. The number of pyridine rings is 1. The molecule has 3 rings (SSSR count). The Balaban J connectivity index is 2.11. The molecule has 0 unspecified atom stereocenters. The molecule has 4 N–H and O–H groups in total. The minimum absolute atomic E-state index is 0.00381. The lowest BCUT2D eigenvalue weighted by atomic mass is 10.0. The van der Waals surface area contributed by atoms with Gasteiger partial charge in [-0.1, -0.05) is 0 Å². The van der Waals surface area contributed by atoms with E-state index in [1.54, 1.807) is 48.0 Å². The van der Waals surface area contributed by atoms with Crippen molar-refractivity contribution in [3.8, 4) is 0 Å². The Hall–Kier alpha value is -3.81. The maximum atomic E-state index is 13.2. The molecular formula is C20H19FN6O. The molecule has 28 heavy (non-hydrogen) atoms. The summed E-state index contributed by atoms with van der Waals surface area (Å²) in [6.45, 7) is 1.66. The second-order valence-electron chi connectivity index (χ2n) is 5.95. The van der Waals surface area contributed by atoms with E-state index in [0.29, 0.717) is 39.6 Å². The highest BCUT2D eigenvalue weighted by molar-refractivity contribution is 6.17. The van der Waals surface area contributed by atoms with Gasteiger partial charge >= 0.3 is 0 Å². The standard InChI is InChI=1S/C20H19FN6O/c1-12(28-2)26-20(24)17-10-25-18-8-5-14(11-27(17)18)16(9-22)19(23)13-3-6-15(21)7-4-13/h3-11,22,24H,23H2,1-2H3. The molecule has 0 saturated carbocycles. The summed E-state index contributed by atoms with van der Waals surface area (Å²) in [6, 6.07) is 9.31. The van der Waals surface area contributed by atoms with E-state index < -0.39 is 0 Å².